The number of aryl methyl sites for hydroxylation is 1. The summed E-state index contributed by atoms with van der Waals surface area (Å²) >= 11 is 0. The summed E-state index contributed by atoms with van der Waals surface area (Å²) < 4.78 is 26.0. The number of hydrogen-bond acceptors (Lipinski definition) is 5. The molecule has 0 spiro atoms. The summed E-state index contributed by atoms with van der Waals surface area (Å²) in [6, 6.07) is 12.1. The van der Waals surface area contributed by atoms with Crippen LogP contribution in [-0.2, 0) is 10.0 Å². The molecule has 1 aromatic heterocycles. The largest absolute Gasteiger partial charge is 0.368 e. The summed E-state index contributed by atoms with van der Waals surface area (Å²) in [5.74, 6) is -0.355. The highest BCUT2D eigenvalue weighted by Crippen LogP contribution is 2.25. The van der Waals surface area contributed by atoms with Gasteiger partial charge in [0.25, 0.3) is 5.91 Å². The Bertz CT molecular complexity index is 1100. The van der Waals surface area contributed by atoms with Crippen LogP contribution in [0.15, 0.2) is 42.5 Å². The van der Waals surface area contributed by atoms with Crippen molar-refractivity contribution >= 4 is 38.6 Å². The molecule has 136 valence electrons. The molecule has 0 aliphatic rings. The number of nitrogens with two attached hydrogens (primary N) is 1. The number of carbonyl (C=O) groups excluding carboxylic acids is 1. The SMILES string of the molecule is Cc1cccc(C(=O)Nc2ccc3c(c2)nc(N)n3S(=O)(=O)C(C)C)c1. The van der Waals surface area contributed by atoms with Gasteiger partial charge in [-0.3, -0.25) is 4.79 Å². The molecular weight excluding hydrogens is 352 g/mol. The number of nitrogens with one attached hydrogen (secondary N) is 1. The summed E-state index contributed by atoms with van der Waals surface area (Å²) in [7, 11) is -3.63. The van der Waals surface area contributed by atoms with Crippen molar-refractivity contribution in [2.75, 3.05) is 11.1 Å². The molecule has 1 heterocycles. The molecule has 2 aromatic carbocycles. The molecule has 0 saturated carbocycles. The topological polar surface area (TPSA) is 107 Å². The molecule has 3 aromatic rings. The molecule has 3 N–H and O–H groups in total. The first kappa shape index (κ1) is 17.9. The molecule has 7 nitrogen and oxygen atoms in total. The van der Waals surface area contributed by atoms with Crippen LogP contribution in [0, 0.1) is 6.92 Å². The Kier molecular flexibility index (Phi) is 4.45. The van der Waals surface area contributed by atoms with E-state index >= 15 is 0 Å². The molecule has 0 atom stereocenters. The second kappa shape index (κ2) is 6.45. The van der Waals surface area contributed by atoms with Gasteiger partial charge in [0.05, 0.1) is 16.3 Å². The van der Waals surface area contributed by atoms with Crippen molar-refractivity contribution in [1.29, 1.82) is 0 Å². The zero-order valence-corrected chi connectivity index (χ0v) is 15.5. The van der Waals surface area contributed by atoms with Crippen LogP contribution in [0.5, 0.6) is 0 Å². The van der Waals surface area contributed by atoms with Gasteiger partial charge in [0.2, 0.25) is 16.0 Å². The Balaban J connectivity index is 1.97. The molecule has 0 aliphatic heterocycles. The number of amides is 1. The van der Waals surface area contributed by atoms with Gasteiger partial charge in [-0.1, -0.05) is 17.7 Å². The average Bonchev–Trinajstić information content (AvgIpc) is 2.90. The summed E-state index contributed by atoms with van der Waals surface area (Å²) in [6.45, 7) is 5.07. The molecule has 3 rings (SSSR count). The minimum absolute atomic E-state index is 0.101. The first-order valence-electron chi connectivity index (χ1n) is 8.10. The number of carbonyl (C=O) groups is 1. The molecular formula is C18H20N4O3S. The van der Waals surface area contributed by atoms with Gasteiger partial charge >= 0.3 is 0 Å². The number of benzene rings is 2. The molecule has 0 aliphatic carbocycles. The van der Waals surface area contributed by atoms with E-state index in [9.17, 15) is 13.2 Å². The fourth-order valence-corrected chi connectivity index (χ4v) is 3.77. The van der Waals surface area contributed by atoms with Crippen molar-refractivity contribution in [3.8, 4) is 0 Å². The number of aromatic nitrogens is 2. The maximum atomic E-state index is 12.5. The van der Waals surface area contributed by atoms with Gasteiger partial charge in [-0.05, 0) is 51.1 Å². The van der Waals surface area contributed by atoms with E-state index in [2.05, 4.69) is 10.3 Å². The van der Waals surface area contributed by atoms with Crippen molar-refractivity contribution in [2.24, 2.45) is 0 Å². The maximum Gasteiger partial charge on any atom is 0.255 e. The zero-order chi connectivity index (χ0) is 19.1. The van der Waals surface area contributed by atoms with Crippen molar-refractivity contribution in [3.05, 3.63) is 53.6 Å². The van der Waals surface area contributed by atoms with E-state index in [1.165, 1.54) is 0 Å². The van der Waals surface area contributed by atoms with Crippen molar-refractivity contribution in [1.82, 2.24) is 8.96 Å². The standard InChI is InChI=1S/C18H20N4O3S/c1-11(2)26(24,25)22-16-8-7-14(10-15(16)21-18(22)19)20-17(23)13-6-4-5-12(3)9-13/h4-11H,1-3H3,(H2,19,21)(H,20,23). The van der Waals surface area contributed by atoms with E-state index in [0.717, 1.165) is 9.54 Å². The normalized spacial score (nSPS) is 11.8. The van der Waals surface area contributed by atoms with E-state index in [0.29, 0.717) is 22.3 Å². The van der Waals surface area contributed by atoms with Crippen LogP contribution in [-0.4, -0.2) is 28.5 Å². The van der Waals surface area contributed by atoms with Crippen molar-refractivity contribution in [3.63, 3.8) is 0 Å². The third-order valence-electron chi connectivity index (χ3n) is 4.03. The Morgan fingerprint density at radius 3 is 2.58 bits per heavy atom. The maximum absolute atomic E-state index is 12.5. The fraction of sp³-hybridized carbons (Fsp3) is 0.222. The number of fused-ring (bicyclic) bond motifs is 1. The number of imidazole rings is 1. The number of anilines is 2. The number of rotatable bonds is 4. The highest BCUT2D eigenvalue weighted by Gasteiger charge is 2.24. The van der Waals surface area contributed by atoms with Gasteiger partial charge in [0.15, 0.2) is 0 Å². The molecule has 0 unspecified atom stereocenters. The van der Waals surface area contributed by atoms with Gasteiger partial charge in [-0.25, -0.2) is 17.4 Å². The van der Waals surface area contributed by atoms with E-state index in [-0.39, 0.29) is 11.9 Å². The number of nitrogen functional groups attached to an aromatic ring is 1. The predicted molar refractivity (Wildman–Crippen MR) is 103 cm³/mol. The van der Waals surface area contributed by atoms with E-state index in [1.807, 2.05) is 19.1 Å². The van der Waals surface area contributed by atoms with Crippen LogP contribution in [0.4, 0.5) is 11.6 Å². The van der Waals surface area contributed by atoms with Gasteiger partial charge in [0.1, 0.15) is 0 Å². The molecule has 0 fully saturated rings. The minimum Gasteiger partial charge on any atom is -0.368 e. The number of nitrogens with zero attached hydrogens (tertiary/aromatic N) is 2. The average molecular weight is 372 g/mol. The molecule has 0 radical (unpaired) electrons. The third kappa shape index (κ3) is 3.15. The molecule has 0 bridgehead atoms. The predicted octanol–water partition coefficient (Wildman–Crippen LogP) is 2.77. The molecule has 8 heteroatoms. The Labute approximate surface area is 151 Å². The summed E-state index contributed by atoms with van der Waals surface area (Å²) in [4.78, 5) is 16.5. The Morgan fingerprint density at radius 1 is 1.19 bits per heavy atom. The van der Waals surface area contributed by atoms with Crippen LogP contribution in [0.1, 0.15) is 29.8 Å². The van der Waals surface area contributed by atoms with Crippen LogP contribution in [0.2, 0.25) is 0 Å². The van der Waals surface area contributed by atoms with E-state index in [4.69, 9.17) is 5.73 Å². The van der Waals surface area contributed by atoms with Gasteiger partial charge in [-0.2, -0.15) is 0 Å². The van der Waals surface area contributed by atoms with Crippen LogP contribution >= 0.6 is 0 Å². The molecule has 26 heavy (non-hydrogen) atoms. The monoisotopic (exact) mass is 372 g/mol. The fourth-order valence-electron chi connectivity index (χ4n) is 2.62. The van der Waals surface area contributed by atoms with Crippen LogP contribution in [0.25, 0.3) is 11.0 Å². The lowest BCUT2D eigenvalue weighted by atomic mass is 10.1. The first-order valence-corrected chi connectivity index (χ1v) is 9.61. The van der Waals surface area contributed by atoms with E-state index in [1.54, 1.807) is 44.2 Å². The lowest BCUT2D eigenvalue weighted by Gasteiger charge is -2.11. The first-order chi connectivity index (χ1) is 12.2. The lowest BCUT2D eigenvalue weighted by molar-refractivity contribution is 0.102. The highest BCUT2D eigenvalue weighted by atomic mass is 32.2. The number of hydrogen-bond donors (Lipinski definition) is 2. The second-order valence-electron chi connectivity index (χ2n) is 6.36. The summed E-state index contributed by atoms with van der Waals surface area (Å²) in [5.41, 5.74) is 8.63. The van der Waals surface area contributed by atoms with Crippen molar-refractivity contribution in [2.45, 2.75) is 26.0 Å². The summed E-state index contributed by atoms with van der Waals surface area (Å²) in [5, 5.41) is 2.15. The Hall–Kier alpha value is -2.87. The van der Waals surface area contributed by atoms with Gasteiger partial charge in [0, 0.05) is 11.3 Å². The smallest absolute Gasteiger partial charge is 0.255 e. The quantitative estimate of drug-likeness (QED) is 0.732. The zero-order valence-electron chi connectivity index (χ0n) is 14.7. The third-order valence-corrected chi connectivity index (χ3v) is 6.11. The van der Waals surface area contributed by atoms with Gasteiger partial charge in [-0.15, -0.1) is 0 Å². The summed E-state index contributed by atoms with van der Waals surface area (Å²) in [6.07, 6.45) is 0. The van der Waals surface area contributed by atoms with E-state index < -0.39 is 15.3 Å². The Morgan fingerprint density at radius 2 is 1.92 bits per heavy atom. The second-order valence-corrected chi connectivity index (χ2v) is 8.69. The van der Waals surface area contributed by atoms with Crippen molar-refractivity contribution < 1.29 is 13.2 Å². The van der Waals surface area contributed by atoms with Crippen LogP contribution < -0.4 is 11.1 Å². The van der Waals surface area contributed by atoms with Crippen LogP contribution in [0.3, 0.4) is 0 Å². The molecule has 0 saturated heterocycles. The van der Waals surface area contributed by atoms with Gasteiger partial charge < -0.3 is 11.1 Å². The highest BCUT2D eigenvalue weighted by molar-refractivity contribution is 7.90. The lowest BCUT2D eigenvalue weighted by Crippen LogP contribution is -2.23. The molecule has 1 amide bonds. The minimum atomic E-state index is -3.63.